The minimum Gasteiger partial charge on any atom is -0.497 e. The molecule has 0 aliphatic carbocycles. The summed E-state index contributed by atoms with van der Waals surface area (Å²) in [5.74, 6) is 0.919. The zero-order chi connectivity index (χ0) is 9.14. The molecule has 0 radical (unpaired) electrons. The molecule has 0 atom stereocenters. The molecule has 1 aromatic carbocycles. The van der Waals surface area contributed by atoms with Gasteiger partial charge in [0.1, 0.15) is 5.75 Å². The van der Waals surface area contributed by atoms with Crippen molar-refractivity contribution >= 4 is 12.6 Å². The molecule has 1 rings (SSSR count). The highest BCUT2D eigenvalue weighted by atomic mass is 32.1. The maximum absolute atomic E-state index is 5.16. The highest BCUT2D eigenvalue weighted by Gasteiger charge is 2.02. The van der Waals surface area contributed by atoms with Gasteiger partial charge in [0.05, 0.1) is 7.11 Å². The van der Waals surface area contributed by atoms with Gasteiger partial charge in [-0.1, -0.05) is 6.92 Å². The van der Waals surface area contributed by atoms with E-state index in [9.17, 15) is 0 Å². The summed E-state index contributed by atoms with van der Waals surface area (Å²) >= 11 is 4.42. The van der Waals surface area contributed by atoms with E-state index < -0.39 is 0 Å². The van der Waals surface area contributed by atoms with E-state index in [0.29, 0.717) is 0 Å². The molecule has 1 aromatic rings. The highest BCUT2D eigenvalue weighted by Crippen LogP contribution is 2.25. The molecule has 0 bridgehead atoms. The Labute approximate surface area is 79.2 Å². The fourth-order valence-electron chi connectivity index (χ4n) is 1.20. The number of ether oxygens (including phenoxy) is 1. The molecular weight excluding hydrogens is 168 g/mol. The first-order valence-corrected chi connectivity index (χ1v) is 4.50. The molecule has 12 heavy (non-hydrogen) atoms. The monoisotopic (exact) mass is 182 g/mol. The number of rotatable bonds is 2. The van der Waals surface area contributed by atoms with E-state index in [-0.39, 0.29) is 0 Å². The average molecular weight is 182 g/mol. The van der Waals surface area contributed by atoms with Crippen molar-refractivity contribution in [2.24, 2.45) is 0 Å². The molecule has 0 aliphatic heterocycles. The van der Waals surface area contributed by atoms with E-state index in [1.807, 2.05) is 19.1 Å². The quantitative estimate of drug-likeness (QED) is 0.692. The fraction of sp³-hybridized carbons (Fsp3) is 0.400. The van der Waals surface area contributed by atoms with Crippen LogP contribution in [0, 0.1) is 6.92 Å². The second-order valence-electron chi connectivity index (χ2n) is 2.81. The first-order valence-electron chi connectivity index (χ1n) is 4.05. The second kappa shape index (κ2) is 3.85. The number of aryl methyl sites for hydroxylation is 2. The van der Waals surface area contributed by atoms with E-state index in [1.54, 1.807) is 7.11 Å². The van der Waals surface area contributed by atoms with Crippen molar-refractivity contribution in [1.82, 2.24) is 0 Å². The summed E-state index contributed by atoms with van der Waals surface area (Å²) in [6.45, 7) is 4.16. The molecule has 0 aromatic heterocycles. The van der Waals surface area contributed by atoms with Crippen LogP contribution in [0.2, 0.25) is 0 Å². The van der Waals surface area contributed by atoms with Gasteiger partial charge in [-0.25, -0.2) is 0 Å². The summed E-state index contributed by atoms with van der Waals surface area (Å²) in [4.78, 5) is 1.08. The molecular formula is C10H14OS. The minimum absolute atomic E-state index is 0.919. The number of hydrogen-bond donors (Lipinski definition) is 1. The molecule has 0 aliphatic rings. The van der Waals surface area contributed by atoms with Crippen molar-refractivity contribution < 1.29 is 4.74 Å². The number of thiol groups is 1. The van der Waals surface area contributed by atoms with Crippen LogP contribution in [0.5, 0.6) is 5.75 Å². The van der Waals surface area contributed by atoms with Gasteiger partial charge in [0.15, 0.2) is 0 Å². The summed E-state index contributed by atoms with van der Waals surface area (Å²) in [5, 5.41) is 0. The second-order valence-corrected chi connectivity index (χ2v) is 3.25. The van der Waals surface area contributed by atoms with Crippen molar-refractivity contribution in [1.29, 1.82) is 0 Å². The van der Waals surface area contributed by atoms with Crippen LogP contribution < -0.4 is 4.74 Å². The normalized spacial score (nSPS) is 10.0. The van der Waals surface area contributed by atoms with E-state index in [1.165, 1.54) is 11.1 Å². The molecule has 0 N–H and O–H groups in total. The molecule has 0 unspecified atom stereocenters. The van der Waals surface area contributed by atoms with Crippen LogP contribution in [0.3, 0.4) is 0 Å². The molecule has 0 fully saturated rings. The summed E-state index contributed by atoms with van der Waals surface area (Å²) in [5.41, 5.74) is 2.42. The first kappa shape index (κ1) is 9.46. The third-order valence-electron chi connectivity index (χ3n) is 1.97. The van der Waals surface area contributed by atoms with Gasteiger partial charge in [-0.05, 0) is 36.6 Å². The maximum Gasteiger partial charge on any atom is 0.119 e. The first-order chi connectivity index (χ1) is 5.69. The number of benzene rings is 1. The Bertz CT molecular complexity index is 281. The Hall–Kier alpha value is -0.630. The molecule has 0 amide bonds. The van der Waals surface area contributed by atoms with Crippen LogP contribution in [0.4, 0.5) is 0 Å². The Morgan fingerprint density at radius 1 is 1.42 bits per heavy atom. The number of methoxy groups -OCH3 is 1. The minimum atomic E-state index is 0.919. The average Bonchev–Trinajstić information content (AvgIpc) is 2.09. The smallest absolute Gasteiger partial charge is 0.119 e. The van der Waals surface area contributed by atoms with Crippen molar-refractivity contribution in [3.05, 3.63) is 23.3 Å². The Morgan fingerprint density at radius 3 is 2.58 bits per heavy atom. The third-order valence-corrected chi connectivity index (χ3v) is 2.61. The Morgan fingerprint density at radius 2 is 2.08 bits per heavy atom. The zero-order valence-corrected chi connectivity index (χ0v) is 8.61. The zero-order valence-electron chi connectivity index (χ0n) is 7.72. The van der Waals surface area contributed by atoms with E-state index in [2.05, 4.69) is 19.6 Å². The SMILES string of the molecule is CCc1cc(OC)cc(C)c1S. The van der Waals surface area contributed by atoms with Gasteiger partial charge in [0.25, 0.3) is 0 Å². The predicted molar refractivity (Wildman–Crippen MR) is 54.4 cm³/mol. The lowest BCUT2D eigenvalue weighted by Gasteiger charge is -2.08. The molecule has 0 spiro atoms. The van der Waals surface area contributed by atoms with Gasteiger partial charge in [-0.2, -0.15) is 0 Å². The lowest BCUT2D eigenvalue weighted by molar-refractivity contribution is 0.413. The van der Waals surface area contributed by atoms with Crippen molar-refractivity contribution in [3.63, 3.8) is 0 Å². The summed E-state index contributed by atoms with van der Waals surface area (Å²) in [6.07, 6.45) is 0.997. The van der Waals surface area contributed by atoms with Gasteiger partial charge >= 0.3 is 0 Å². The Balaban J connectivity index is 3.19. The van der Waals surface area contributed by atoms with E-state index >= 15 is 0 Å². The van der Waals surface area contributed by atoms with Gasteiger partial charge in [0, 0.05) is 4.90 Å². The highest BCUT2D eigenvalue weighted by molar-refractivity contribution is 7.80. The standard InChI is InChI=1S/C10H14OS/c1-4-8-6-9(11-3)5-7(2)10(8)12/h5-6,12H,4H2,1-3H3. The molecule has 1 nitrogen and oxygen atoms in total. The molecule has 0 saturated carbocycles. The van der Waals surface area contributed by atoms with E-state index in [4.69, 9.17) is 4.74 Å². The summed E-state index contributed by atoms with van der Waals surface area (Å²) < 4.78 is 5.16. The molecule has 66 valence electrons. The topological polar surface area (TPSA) is 9.23 Å². The maximum atomic E-state index is 5.16. The fourth-order valence-corrected chi connectivity index (χ4v) is 1.49. The summed E-state index contributed by atoms with van der Waals surface area (Å²) in [7, 11) is 1.69. The third kappa shape index (κ3) is 1.75. The van der Waals surface area contributed by atoms with Gasteiger partial charge in [0.2, 0.25) is 0 Å². The van der Waals surface area contributed by atoms with Crippen LogP contribution in [-0.4, -0.2) is 7.11 Å². The van der Waals surface area contributed by atoms with Crippen molar-refractivity contribution in [2.45, 2.75) is 25.2 Å². The van der Waals surface area contributed by atoms with Crippen LogP contribution in [0.15, 0.2) is 17.0 Å². The van der Waals surface area contributed by atoms with Gasteiger partial charge in [-0.3, -0.25) is 0 Å². The lowest BCUT2D eigenvalue weighted by atomic mass is 10.1. The van der Waals surface area contributed by atoms with Gasteiger partial charge in [-0.15, -0.1) is 12.6 Å². The summed E-state index contributed by atoms with van der Waals surface area (Å²) in [6, 6.07) is 4.04. The molecule has 0 heterocycles. The van der Waals surface area contributed by atoms with Crippen LogP contribution >= 0.6 is 12.6 Å². The van der Waals surface area contributed by atoms with Crippen LogP contribution in [0.1, 0.15) is 18.1 Å². The van der Waals surface area contributed by atoms with Crippen molar-refractivity contribution in [3.8, 4) is 5.75 Å². The van der Waals surface area contributed by atoms with Crippen LogP contribution in [-0.2, 0) is 6.42 Å². The number of hydrogen-bond acceptors (Lipinski definition) is 2. The Kier molecular flexibility index (Phi) is 3.04. The van der Waals surface area contributed by atoms with Crippen LogP contribution in [0.25, 0.3) is 0 Å². The predicted octanol–water partition coefficient (Wildman–Crippen LogP) is 2.85. The van der Waals surface area contributed by atoms with Gasteiger partial charge < -0.3 is 4.74 Å². The van der Waals surface area contributed by atoms with Crippen molar-refractivity contribution in [2.75, 3.05) is 7.11 Å². The largest absolute Gasteiger partial charge is 0.497 e. The molecule has 0 saturated heterocycles. The lowest BCUT2D eigenvalue weighted by Crippen LogP contribution is -1.90. The van der Waals surface area contributed by atoms with E-state index in [0.717, 1.165) is 17.1 Å². The molecule has 2 heteroatoms.